The van der Waals surface area contributed by atoms with Crippen LogP contribution in [0, 0.1) is 5.92 Å². The summed E-state index contributed by atoms with van der Waals surface area (Å²) < 4.78 is 33.7. The first kappa shape index (κ1) is 20.0. The van der Waals surface area contributed by atoms with E-state index in [2.05, 4.69) is 9.62 Å². The highest BCUT2D eigenvalue weighted by Gasteiger charge is 2.28. The van der Waals surface area contributed by atoms with E-state index in [9.17, 15) is 8.42 Å². The predicted octanol–water partition coefficient (Wildman–Crippen LogP) is 2.75. The van der Waals surface area contributed by atoms with Crippen molar-refractivity contribution in [2.45, 2.75) is 43.5 Å². The van der Waals surface area contributed by atoms with Crippen LogP contribution in [0.3, 0.4) is 0 Å². The van der Waals surface area contributed by atoms with Crippen LogP contribution in [0.4, 0.5) is 0 Å². The molecule has 7 heteroatoms. The van der Waals surface area contributed by atoms with Crippen molar-refractivity contribution in [2.75, 3.05) is 38.2 Å². The van der Waals surface area contributed by atoms with Gasteiger partial charge in [-0.15, -0.1) is 0 Å². The molecule has 0 aromatic heterocycles. The molecule has 2 fully saturated rings. The van der Waals surface area contributed by atoms with E-state index in [0.717, 1.165) is 44.0 Å². The highest BCUT2D eigenvalue weighted by Crippen LogP contribution is 2.28. The van der Waals surface area contributed by atoms with Crippen molar-refractivity contribution in [1.82, 2.24) is 9.62 Å². The van der Waals surface area contributed by atoms with E-state index in [0.29, 0.717) is 18.2 Å². The molecule has 146 valence electrons. The predicted molar refractivity (Wildman–Crippen MR) is 108 cm³/mol. The summed E-state index contributed by atoms with van der Waals surface area (Å²) >= 11 is 2.05. The largest absolute Gasteiger partial charge is 0.495 e. The standard InChI is InChI=1S/C19H30N2O3S2/c1-3-15-4-5-18(24-2)19(12-15)26(22,23)20-13-16-6-9-21(10-7-16)17-8-11-25-14-17/h4-5,12,16-17,20H,3,6-11,13-14H2,1-2H3. The number of ether oxygens (including phenoxy) is 1. The molecule has 1 N–H and O–H groups in total. The highest BCUT2D eigenvalue weighted by molar-refractivity contribution is 7.99. The van der Waals surface area contributed by atoms with Gasteiger partial charge in [-0.3, -0.25) is 4.90 Å². The number of thioether (sulfide) groups is 1. The summed E-state index contributed by atoms with van der Waals surface area (Å²) in [6.45, 7) is 4.70. The van der Waals surface area contributed by atoms with E-state index in [1.54, 1.807) is 12.1 Å². The molecule has 2 saturated heterocycles. The number of methoxy groups -OCH3 is 1. The molecule has 0 amide bonds. The van der Waals surface area contributed by atoms with E-state index < -0.39 is 10.0 Å². The van der Waals surface area contributed by atoms with E-state index in [4.69, 9.17) is 4.74 Å². The molecule has 26 heavy (non-hydrogen) atoms. The van der Waals surface area contributed by atoms with Crippen LogP contribution in [0.2, 0.25) is 0 Å². The smallest absolute Gasteiger partial charge is 0.244 e. The van der Waals surface area contributed by atoms with Gasteiger partial charge in [0.05, 0.1) is 7.11 Å². The quantitative estimate of drug-likeness (QED) is 0.765. The molecule has 0 bridgehead atoms. The monoisotopic (exact) mass is 398 g/mol. The van der Waals surface area contributed by atoms with Crippen LogP contribution in [-0.4, -0.2) is 57.6 Å². The van der Waals surface area contributed by atoms with Crippen molar-refractivity contribution in [3.8, 4) is 5.75 Å². The maximum atomic E-state index is 12.8. The lowest BCUT2D eigenvalue weighted by molar-refractivity contribution is 0.145. The Bertz CT molecular complexity index is 695. The second-order valence-corrected chi connectivity index (χ2v) is 10.1. The molecule has 1 unspecified atom stereocenters. The first-order valence-electron chi connectivity index (χ1n) is 9.52. The van der Waals surface area contributed by atoms with Crippen molar-refractivity contribution in [1.29, 1.82) is 0 Å². The molecule has 1 atom stereocenters. The van der Waals surface area contributed by atoms with E-state index in [-0.39, 0.29) is 4.90 Å². The molecule has 0 spiro atoms. The van der Waals surface area contributed by atoms with Gasteiger partial charge in [0.25, 0.3) is 0 Å². The Kier molecular flexibility index (Phi) is 6.88. The number of hydrogen-bond donors (Lipinski definition) is 1. The third-order valence-electron chi connectivity index (χ3n) is 5.56. The van der Waals surface area contributed by atoms with Gasteiger partial charge in [0.2, 0.25) is 10.0 Å². The molecule has 1 aromatic carbocycles. The number of rotatable bonds is 7. The second-order valence-electron chi connectivity index (χ2n) is 7.19. The topological polar surface area (TPSA) is 58.6 Å². The summed E-state index contributed by atoms with van der Waals surface area (Å²) in [4.78, 5) is 2.85. The molecule has 2 heterocycles. The lowest BCUT2D eigenvalue weighted by Gasteiger charge is -2.35. The fraction of sp³-hybridized carbons (Fsp3) is 0.684. The van der Waals surface area contributed by atoms with Crippen LogP contribution in [0.25, 0.3) is 0 Å². The van der Waals surface area contributed by atoms with Gasteiger partial charge in [-0.2, -0.15) is 11.8 Å². The SMILES string of the molecule is CCc1ccc(OC)c(S(=O)(=O)NCC2CCN(C3CCSC3)CC2)c1. The van der Waals surface area contributed by atoms with Crippen molar-refractivity contribution >= 4 is 21.8 Å². The summed E-state index contributed by atoms with van der Waals surface area (Å²) in [6.07, 6.45) is 4.23. The summed E-state index contributed by atoms with van der Waals surface area (Å²) in [5, 5.41) is 0. The van der Waals surface area contributed by atoms with Gasteiger partial charge in [0, 0.05) is 18.3 Å². The van der Waals surface area contributed by atoms with Crippen molar-refractivity contribution in [2.24, 2.45) is 5.92 Å². The molecule has 0 aliphatic carbocycles. The van der Waals surface area contributed by atoms with E-state index in [1.165, 1.54) is 25.0 Å². The third-order valence-corrected chi connectivity index (χ3v) is 8.15. The lowest BCUT2D eigenvalue weighted by atomic mass is 9.96. The lowest BCUT2D eigenvalue weighted by Crippen LogP contribution is -2.43. The van der Waals surface area contributed by atoms with Crippen LogP contribution in [-0.2, 0) is 16.4 Å². The minimum atomic E-state index is -3.56. The van der Waals surface area contributed by atoms with Crippen molar-refractivity contribution in [3.05, 3.63) is 23.8 Å². The Labute approximate surface area is 161 Å². The fourth-order valence-electron chi connectivity index (χ4n) is 3.79. The molecular weight excluding hydrogens is 368 g/mol. The maximum Gasteiger partial charge on any atom is 0.244 e. The molecule has 0 saturated carbocycles. The Morgan fingerprint density at radius 3 is 2.65 bits per heavy atom. The number of nitrogens with one attached hydrogen (secondary N) is 1. The van der Waals surface area contributed by atoms with Crippen molar-refractivity contribution in [3.63, 3.8) is 0 Å². The zero-order valence-electron chi connectivity index (χ0n) is 15.7. The van der Waals surface area contributed by atoms with Crippen LogP contribution in [0.15, 0.2) is 23.1 Å². The van der Waals surface area contributed by atoms with Crippen LogP contribution >= 0.6 is 11.8 Å². The van der Waals surface area contributed by atoms with Gasteiger partial charge < -0.3 is 4.74 Å². The molecule has 3 rings (SSSR count). The molecule has 0 radical (unpaired) electrons. The molecule has 2 aliphatic rings. The molecule has 5 nitrogen and oxygen atoms in total. The number of nitrogens with zero attached hydrogens (tertiary/aromatic N) is 1. The van der Waals surface area contributed by atoms with Crippen molar-refractivity contribution < 1.29 is 13.2 Å². The van der Waals surface area contributed by atoms with Crippen LogP contribution in [0.1, 0.15) is 31.7 Å². The average Bonchev–Trinajstić information content (AvgIpc) is 3.21. The zero-order valence-corrected chi connectivity index (χ0v) is 17.4. The number of benzene rings is 1. The van der Waals surface area contributed by atoms with E-state index in [1.807, 2.05) is 24.8 Å². The van der Waals surface area contributed by atoms with Gasteiger partial charge in [0.1, 0.15) is 10.6 Å². The molecule has 1 aromatic rings. The number of sulfonamides is 1. The number of aryl methyl sites for hydroxylation is 1. The Morgan fingerprint density at radius 1 is 1.27 bits per heavy atom. The molecular formula is C19H30N2O3S2. The summed E-state index contributed by atoms with van der Waals surface area (Å²) in [6, 6.07) is 6.11. The summed E-state index contributed by atoms with van der Waals surface area (Å²) in [5.41, 5.74) is 0.994. The second kappa shape index (κ2) is 8.95. The normalized spacial score (nSPS) is 22.6. The number of piperidine rings is 1. The first-order valence-corrected chi connectivity index (χ1v) is 12.2. The van der Waals surface area contributed by atoms with E-state index >= 15 is 0 Å². The van der Waals surface area contributed by atoms with Gasteiger partial charge in [-0.1, -0.05) is 13.0 Å². The van der Waals surface area contributed by atoms with Gasteiger partial charge in [-0.05, 0) is 68.1 Å². The van der Waals surface area contributed by atoms with Gasteiger partial charge >= 0.3 is 0 Å². The Hall–Kier alpha value is -0.760. The van der Waals surface area contributed by atoms with Crippen LogP contribution in [0.5, 0.6) is 5.75 Å². The van der Waals surface area contributed by atoms with Gasteiger partial charge in [0.15, 0.2) is 0 Å². The fourth-order valence-corrected chi connectivity index (χ4v) is 6.38. The zero-order chi connectivity index (χ0) is 18.6. The minimum absolute atomic E-state index is 0.250. The van der Waals surface area contributed by atoms with Gasteiger partial charge in [-0.25, -0.2) is 13.1 Å². The molecule has 2 aliphatic heterocycles. The Morgan fingerprint density at radius 2 is 2.04 bits per heavy atom. The Balaban J connectivity index is 1.57. The average molecular weight is 399 g/mol. The number of likely N-dealkylation sites (tertiary alicyclic amines) is 1. The maximum absolute atomic E-state index is 12.8. The third kappa shape index (κ3) is 4.74. The minimum Gasteiger partial charge on any atom is -0.495 e. The number of hydrogen-bond acceptors (Lipinski definition) is 5. The highest BCUT2D eigenvalue weighted by atomic mass is 32.2. The summed E-state index contributed by atoms with van der Waals surface area (Å²) in [5.74, 6) is 3.35. The van der Waals surface area contributed by atoms with Crippen LogP contribution < -0.4 is 9.46 Å². The first-order chi connectivity index (χ1) is 12.5. The summed E-state index contributed by atoms with van der Waals surface area (Å²) in [7, 11) is -2.05.